The summed E-state index contributed by atoms with van der Waals surface area (Å²) >= 11 is 0. The van der Waals surface area contributed by atoms with Gasteiger partial charge in [0.1, 0.15) is 10.7 Å². The van der Waals surface area contributed by atoms with Crippen molar-refractivity contribution >= 4 is 21.4 Å². The molecule has 0 aromatic heterocycles. The first-order valence-electron chi connectivity index (χ1n) is 5.90. The van der Waals surface area contributed by atoms with E-state index in [1.165, 1.54) is 31.3 Å². The molecule has 21 heavy (non-hydrogen) atoms. The minimum Gasteiger partial charge on any atom is -0.398 e. The van der Waals surface area contributed by atoms with Crippen molar-refractivity contribution in [1.82, 2.24) is 0 Å². The second-order valence-corrected chi connectivity index (χ2v) is 6.25. The molecular formula is C14H12FN3O2S. The Bertz CT molecular complexity index is 811. The third-order valence-electron chi connectivity index (χ3n) is 2.97. The third-order valence-corrected chi connectivity index (χ3v) is 4.83. The zero-order chi connectivity index (χ0) is 15.6. The second kappa shape index (κ2) is 5.42. The van der Waals surface area contributed by atoms with E-state index in [1.54, 1.807) is 0 Å². The van der Waals surface area contributed by atoms with Gasteiger partial charge in [0.25, 0.3) is 10.0 Å². The van der Waals surface area contributed by atoms with Crippen LogP contribution in [0.1, 0.15) is 5.56 Å². The molecule has 0 spiro atoms. The Hall–Kier alpha value is -2.59. The number of nitriles is 1. The van der Waals surface area contributed by atoms with Crippen LogP contribution in [0.5, 0.6) is 0 Å². The molecule has 0 saturated heterocycles. The van der Waals surface area contributed by atoms with Gasteiger partial charge in [0.15, 0.2) is 0 Å². The number of sulfonamides is 1. The summed E-state index contributed by atoms with van der Waals surface area (Å²) in [6.45, 7) is 0. The van der Waals surface area contributed by atoms with Gasteiger partial charge in [-0.1, -0.05) is 0 Å². The van der Waals surface area contributed by atoms with Crippen molar-refractivity contribution in [3.8, 4) is 6.07 Å². The molecule has 0 aliphatic rings. The normalized spacial score (nSPS) is 10.9. The fourth-order valence-electron chi connectivity index (χ4n) is 1.79. The molecule has 0 fully saturated rings. The quantitative estimate of drug-likeness (QED) is 0.880. The number of hydrogen-bond acceptors (Lipinski definition) is 4. The second-order valence-electron chi connectivity index (χ2n) is 4.31. The Kier molecular flexibility index (Phi) is 3.82. The number of benzene rings is 2. The molecule has 0 atom stereocenters. The number of hydrogen-bond donors (Lipinski definition) is 1. The number of nitrogens with two attached hydrogens (primary N) is 1. The Labute approximate surface area is 122 Å². The van der Waals surface area contributed by atoms with Crippen LogP contribution in [-0.2, 0) is 10.0 Å². The standard InChI is InChI=1S/C14H12FN3O2S/c1-18(12-5-2-10(9-16)3-6-12)21(19,20)14-7-4-11(15)8-13(14)17/h2-8H,17H2,1H3. The van der Waals surface area contributed by atoms with Crippen molar-refractivity contribution in [2.75, 3.05) is 17.1 Å². The van der Waals surface area contributed by atoms with Crippen molar-refractivity contribution in [3.63, 3.8) is 0 Å². The highest BCUT2D eigenvalue weighted by molar-refractivity contribution is 7.93. The van der Waals surface area contributed by atoms with Gasteiger partial charge in [0, 0.05) is 7.05 Å². The maximum Gasteiger partial charge on any atom is 0.266 e. The average Bonchev–Trinajstić information content (AvgIpc) is 2.46. The maximum absolute atomic E-state index is 13.0. The van der Waals surface area contributed by atoms with E-state index in [0.717, 1.165) is 22.5 Å². The summed E-state index contributed by atoms with van der Waals surface area (Å²) in [6.07, 6.45) is 0. The predicted octanol–water partition coefficient (Wildman–Crippen LogP) is 2.10. The molecule has 0 aliphatic heterocycles. The number of nitrogen functional groups attached to an aromatic ring is 1. The molecule has 108 valence electrons. The van der Waals surface area contributed by atoms with Crippen molar-refractivity contribution in [2.24, 2.45) is 0 Å². The van der Waals surface area contributed by atoms with Gasteiger partial charge in [-0.2, -0.15) is 5.26 Å². The lowest BCUT2D eigenvalue weighted by Gasteiger charge is -2.20. The van der Waals surface area contributed by atoms with Crippen molar-refractivity contribution in [3.05, 3.63) is 53.8 Å². The first kappa shape index (κ1) is 14.8. The number of nitrogens with zero attached hydrogens (tertiary/aromatic N) is 2. The smallest absolute Gasteiger partial charge is 0.266 e. The highest BCUT2D eigenvalue weighted by atomic mass is 32.2. The molecule has 0 saturated carbocycles. The minimum absolute atomic E-state index is 0.157. The Balaban J connectivity index is 2.45. The van der Waals surface area contributed by atoms with Crippen molar-refractivity contribution in [2.45, 2.75) is 4.90 Å². The first-order chi connectivity index (χ1) is 9.86. The largest absolute Gasteiger partial charge is 0.398 e. The van der Waals surface area contributed by atoms with Crippen LogP contribution in [0.4, 0.5) is 15.8 Å². The SMILES string of the molecule is CN(c1ccc(C#N)cc1)S(=O)(=O)c1ccc(F)cc1N. The lowest BCUT2D eigenvalue weighted by molar-refractivity contribution is 0.593. The molecule has 2 rings (SSSR count). The molecule has 0 radical (unpaired) electrons. The molecule has 0 aliphatic carbocycles. The zero-order valence-electron chi connectivity index (χ0n) is 11.1. The minimum atomic E-state index is -3.90. The van der Waals surface area contributed by atoms with Crippen molar-refractivity contribution < 1.29 is 12.8 Å². The van der Waals surface area contributed by atoms with E-state index < -0.39 is 15.8 Å². The summed E-state index contributed by atoms with van der Waals surface area (Å²) in [5.41, 5.74) is 6.22. The molecule has 0 unspecified atom stereocenters. The Morgan fingerprint density at radius 2 is 1.81 bits per heavy atom. The van der Waals surface area contributed by atoms with Crippen LogP contribution in [0.3, 0.4) is 0 Å². The zero-order valence-corrected chi connectivity index (χ0v) is 11.9. The van der Waals surface area contributed by atoms with Gasteiger partial charge >= 0.3 is 0 Å². The van der Waals surface area contributed by atoms with Gasteiger partial charge in [-0.05, 0) is 42.5 Å². The van der Waals surface area contributed by atoms with Crippen LogP contribution in [0, 0.1) is 17.1 Å². The van der Waals surface area contributed by atoms with Gasteiger partial charge in [0.2, 0.25) is 0 Å². The lowest BCUT2D eigenvalue weighted by atomic mass is 10.2. The summed E-state index contributed by atoms with van der Waals surface area (Å²) in [4.78, 5) is -0.171. The van der Waals surface area contributed by atoms with E-state index >= 15 is 0 Å². The molecule has 2 aromatic carbocycles. The monoisotopic (exact) mass is 305 g/mol. The van der Waals surface area contributed by atoms with E-state index in [0.29, 0.717) is 11.3 Å². The van der Waals surface area contributed by atoms with Crippen molar-refractivity contribution in [1.29, 1.82) is 5.26 Å². The van der Waals surface area contributed by atoms with Crippen LogP contribution in [0.2, 0.25) is 0 Å². The first-order valence-corrected chi connectivity index (χ1v) is 7.34. The molecule has 2 N–H and O–H groups in total. The highest BCUT2D eigenvalue weighted by Crippen LogP contribution is 2.26. The topological polar surface area (TPSA) is 87.2 Å². The van der Waals surface area contributed by atoms with Crippen LogP contribution in [0.15, 0.2) is 47.4 Å². The average molecular weight is 305 g/mol. The molecule has 0 amide bonds. The summed E-state index contributed by atoms with van der Waals surface area (Å²) in [7, 11) is -2.54. The Morgan fingerprint density at radius 1 is 1.19 bits per heavy atom. The number of anilines is 2. The van der Waals surface area contributed by atoms with E-state index in [1.807, 2.05) is 6.07 Å². The van der Waals surface area contributed by atoms with Gasteiger partial charge in [-0.3, -0.25) is 4.31 Å². The molecular weight excluding hydrogens is 293 g/mol. The summed E-state index contributed by atoms with van der Waals surface area (Å²) in [5.74, 6) is -0.604. The van der Waals surface area contributed by atoms with Gasteiger partial charge in [-0.15, -0.1) is 0 Å². The molecule has 0 bridgehead atoms. The van der Waals surface area contributed by atoms with E-state index in [4.69, 9.17) is 11.0 Å². The van der Waals surface area contributed by atoms with Gasteiger partial charge in [0.05, 0.1) is 23.0 Å². The Morgan fingerprint density at radius 3 is 2.33 bits per heavy atom. The fraction of sp³-hybridized carbons (Fsp3) is 0.0714. The number of halogens is 1. The summed E-state index contributed by atoms with van der Waals surface area (Å²) < 4.78 is 39.0. The maximum atomic E-state index is 13.0. The fourth-order valence-corrected chi connectivity index (χ4v) is 3.08. The van der Waals surface area contributed by atoms with E-state index in [9.17, 15) is 12.8 Å². The summed E-state index contributed by atoms with van der Waals surface area (Å²) in [6, 6.07) is 11.1. The summed E-state index contributed by atoms with van der Waals surface area (Å²) in [5, 5.41) is 8.73. The van der Waals surface area contributed by atoms with Crippen LogP contribution >= 0.6 is 0 Å². The van der Waals surface area contributed by atoms with Crippen LogP contribution in [-0.4, -0.2) is 15.5 Å². The number of rotatable bonds is 3. The lowest BCUT2D eigenvalue weighted by Crippen LogP contribution is -2.27. The van der Waals surface area contributed by atoms with E-state index in [2.05, 4.69) is 0 Å². The molecule has 0 heterocycles. The van der Waals surface area contributed by atoms with E-state index in [-0.39, 0.29) is 10.6 Å². The van der Waals surface area contributed by atoms with Crippen LogP contribution in [0.25, 0.3) is 0 Å². The predicted molar refractivity (Wildman–Crippen MR) is 77.6 cm³/mol. The van der Waals surface area contributed by atoms with Gasteiger partial charge < -0.3 is 5.73 Å². The third kappa shape index (κ3) is 2.80. The molecule has 7 heteroatoms. The van der Waals surface area contributed by atoms with Crippen LogP contribution < -0.4 is 10.0 Å². The molecule has 5 nitrogen and oxygen atoms in total. The molecule has 2 aromatic rings. The van der Waals surface area contributed by atoms with Gasteiger partial charge in [-0.25, -0.2) is 12.8 Å². The highest BCUT2D eigenvalue weighted by Gasteiger charge is 2.24.